The van der Waals surface area contributed by atoms with E-state index in [9.17, 15) is 14.9 Å². The fourth-order valence-electron chi connectivity index (χ4n) is 1.56. The summed E-state index contributed by atoms with van der Waals surface area (Å²) >= 11 is 1.81. The lowest BCUT2D eigenvalue weighted by Crippen LogP contribution is -2.01. The minimum absolute atomic E-state index is 0.103. The number of nitro groups is 1. The van der Waals surface area contributed by atoms with Crippen molar-refractivity contribution in [3.63, 3.8) is 0 Å². The molecule has 0 aromatic heterocycles. The molecular formula is C14H17NO5S. The molecule has 0 spiro atoms. The first kappa shape index (κ1) is 17.0. The Balaban J connectivity index is 2.80. The molecule has 0 radical (unpaired) electrons. The van der Waals surface area contributed by atoms with Crippen LogP contribution in [0.4, 0.5) is 5.69 Å². The molecule has 7 heteroatoms. The number of nitrogens with zero attached hydrogens (tertiary/aromatic N) is 1. The van der Waals surface area contributed by atoms with Gasteiger partial charge in [0.25, 0.3) is 5.69 Å². The van der Waals surface area contributed by atoms with E-state index in [2.05, 4.69) is 6.92 Å². The molecule has 0 saturated carbocycles. The number of nitro benzene ring substituents is 1. The molecule has 0 atom stereocenters. The van der Waals surface area contributed by atoms with Crippen LogP contribution in [-0.2, 0) is 4.79 Å². The summed E-state index contributed by atoms with van der Waals surface area (Å²) in [5.74, 6) is 1.35. The van der Waals surface area contributed by atoms with Crippen LogP contribution in [-0.4, -0.2) is 34.1 Å². The third-order valence-electron chi connectivity index (χ3n) is 2.50. The zero-order chi connectivity index (χ0) is 15.7. The van der Waals surface area contributed by atoms with Gasteiger partial charge in [-0.1, -0.05) is 6.92 Å². The highest BCUT2D eigenvalue weighted by atomic mass is 32.2. The number of aliphatic carboxylic acids is 1. The van der Waals surface area contributed by atoms with Gasteiger partial charge in [0.05, 0.1) is 11.5 Å². The Kier molecular flexibility index (Phi) is 7.31. The van der Waals surface area contributed by atoms with Crippen LogP contribution in [0.1, 0.15) is 18.9 Å². The molecule has 21 heavy (non-hydrogen) atoms. The van der Waals surface area contributed by atoms with E-state index in [1.54, 1.807) is 11.8 Å². The van der Waals surface area contributed by atoms with Crippen LogP contribution in [0.5, 0.6) is 5.75 Å². The van der Waals surface area contributed by atoms with Crippen molar-refractivity contribution >= 4 is 29.5 Å². The van der Waals surface area contributed by atoms with Crippen LogP contribution in [0.15, 0.2) is 24.3 Å². The number of hydrogen-bond donors (Lipinski definition) is 1. The van der Waals surface area contributed by atoms with Crippen molar-refractivity contribution in [1.82, 2.24) is 0 Å². The lowest BCUT2D eigenvalue weighted by atomic mass is 10.1. The van der Waals surface area contributed by atoms with Crippen LogP contribution < -0.4 is 4.74 Å². The quantitative estimate of drug-likeness (QED) is 0.326. The van der Waals surface area contributed by atoms with Gasteiger partial charge in [-0.3, -0.25) is 10.1 Å². The van der Waals surface area contributed by atoms with E-state index in [1.165, 1.54) is 24.3 Å². The van der Waals surface area contributed by atoms with E-state index in [4.69, 9.17) is 9.84 Å². The summed E-state index contributed by atoms with van der Waals surface area (Å²) < 4.78 is 5.57. The second-order valence-corrected chi connectivity index (χ2v) is 5.44. The Morgan fingerprint density at radius 2 is 2.29 bits per heavy atom. The highest BCUT2D eigenvalue weighted by Gasteiger charge is 2.10. The molecule has 114 valence electrons. The maximum absolute atomic E-state index is 10.8. The average Bonchev–Trinajstić information content (AvgIpc) is 2.45. The fourth-order valence-corrected chi connectivity index (χ4v) is 2.17. The van der Waals surface area contributed by atoms with Gasteiger partial charge < -0.3 is 9.84 Å². The van der Waals surface area contributed by atoms with E-state index in [0.29, 0.717) is 17.9 Å². The average molecular weight is 311 g/mol. The van der Waals surface area contributed by atoms with Crippen molar-refractivity contribution in [2.75, 3.05) is 18.1 Å². The molecular weight excluding hydrogens is 294 g/mol. The maximum Gasteiger partial charge on any atom is 0.328 e. The molecule has 0 saturated heterocycles. The van der Waals surface area contributed by atoms with Crippen LogP contribution >= 0.6 is 11.8 Å². The molecule has 6 nitrogen and oxygen atoms in total. The molecule has 1 N–H and O–H groups in total. The van der Waals surface area contributed by atoms with Crippen molar-refractivity contribution in [3.8, 4) is 5.75 Å². The number of carboxylic acid groups (broad SMARTS) is 1. The number of thioether (sulfide) groups is 1. The summed E-state index contributed by atoms with van der Waals surface area (Å²) in [5.41, 5.74) is 0.281. The smallest absolute Gasteiger partial charge is 0.328 e. The number of benzene rings is 1. The highest BCUT2D eigenvalue weighted by Crippen LogP contribution is 2.25. The highest BCUT2D eigenvalue weighted by molar-refractivity contribution is 7.99. The SMILES string of the molecule is CCSCCCOc1ccc([N+](=O)[O-])cc1/C=C/C(=O)O. The number of carboxylic acids is 1. The largest absolute Gasteiger partial charge is 0.493 e. The molecule has 0 aliphatic rings. The van der Waals surface area contributed by atoms with E-state index < -0.39 is 10.9 Å². The van der Waals surface area contributed by atoms with Crippen molar-refractivity contribution in [1.29, 1.82) is 0 Å². The first-order valence-corrected chi connectivity index (χ1v) is 7.60. The van der Waals surface area contributed by atoms with E-state index in [1.807, 2.05) is 0 Å². The van der Waals surface area contributed by atoms with Crippen molar-refractivity contribution in [3.05, 3.63) is 40.0 Å². The van der Waals surface area contributed by atoms with Gasteiger partial charge >= 0.3 is 5.97 Å². The second kappa shape index (κ2) is 9.02. The Hall–Kier alpha value is -2.02. The summed E-state index contributed by atoms with van der Waals surface area (Å²) in [6, 6.07) is 4.14. The van der Waals surface area contributed by atoms with Crippen LogP contribution in [0.2, 0.25) is 0 Å². The summed E-state index contributed by atoms with van der Waals surface area (Å²) in [6.07, 6.45) is 3.09. The molecule has 0 aliphatic carbocycles. The van der Waals surface area contributed by atoms with E-state index in [-0.39, 0.29) is 5.69 Å². The predicted molar refractivity (Wildman–Crippen MR) is 82.9 cm³/mol. The van der Waals surface area contributed by atoms with Gasteiger partial charge in [-0.05, 0) is 30.1 Å². The summed E-state index contributed by atoms with van der Waals surface area (Å²) in [5, 5.41) is 19.4. The van der Waals surface area contributed by atoms with Gasteiger partial charge in [0.15, 0.2) is 0 Å². The Morgan fingerprint density at radius 1 is 1.52 bits per heavy atom. The number of rotatable bonds is 9. The predicted octanol–water partition coefficient (Wildman–Crippen LogP) is 3.21. The summed E-state index contributed by atoms with van der Waals surface area (Å²) in [4.78, 5) is 20.8. The summed E-state index contributed by atoms with van der Waals surface area (Å²) in [7, 11) is 0. The van der Waals surface area contributed by atoms with Gasteiger partial charge in [-0.15, -0.1) is 0 Å². The number of carbonyl (C=O) groups is 1. The van der Waals surface area contributed by atoms with E-state index in [0.717, 1.165) is 24.0 Å². The lowest BCUT2D eigenvalue weighted by molar-refractivity contribution is -0.384. The molecule has 0 bridgehead atoms. The number of hydrogen-bond acceptors (Lipinski definition) is 5. The third kappa shape index (κ3) is 6.31. The molecule has 0 fully saturated rings. The maximum atomic E-state index is 10.8. The van der Waals surface area contributed by atoms with Crippen LogP contribution in [0.3, 0.4) is 0 Å². The molecule has 0 unspecified atom stereocenters. The second-order valence-electron chi connectivity index (χ2n) is 4.05. The Morgan fingerprint density at radius 3 is 2.90 bits per heavy atom. The van der Waals surface area contributed by atoms with Gasteiger partial charge in [0, 0.05) is 23.8 Å². The first-order valence-electron chi connectivity index (χ1n) is 6.44. The van der Waals surface area contributed by atoms with Gasteiger partial charge in [0.1, 0.15) is 5.75 Å². The zero-order valence-electron chi connectivity index (χ0n) is 11.7. The van der Waals surface area contributed by atoms with Gasteiger partial charge in [0.2, 0.25) is 0 Å². The van der Waals surface area contributed by atoms with Gasteiger partial charge in [-0.2, -0.15) is 11.8 Å². The standard InChI is InChI=1S/C14H17NO5S/c1-2-21-9-3-8-20-13-6-5-12(15(18)19)10-11(13)4-7-14(16)17/h4-7,10H,2-3,8-9H2,1H3,(H,16,17)/b7-4+. The van der Waals surface area contributed by atoms with Crippen LogP contribution in [0.25, 0.3) is 6.08 Å². The van der Waals surface area contributed by atoms with Crippen LogP contribution in [0, 0.1) is 10.1 Å². The lowest BCUT2D eigenvalue weighted by Gasteiger charge is -2.09. The molecule has 0 aliphatic heterocycles. The Labute approximate surface area is 127 Å². The number of ether oxygens (including phenoxy) is 1. The topological polar surface area (TPSA) is 89.7 Å². The van der Waals surface area contributed by atoms with Crippen molar-refractivity contribution in [2.24, 2.45) is 0 Å². The monoisotopic (exact) mass is 311 g/mol. The Bertz CT molecular complexity index is 530. The van der Waals surface area contributed by atoms with Gasteiger partial charge in [-0.25, -0.2) is 4.79 Å². The molecule has 0 amide bonds. The molecule has 1 aromatic rings. The third-order valence-corrected chi connectivity index (χ3v) is 3.49. The molecule has 0 heterocycles. The van der Waals surface area contributed by atoms with E-state index >= 15 is 0 Å². The number of non-ortho nitro benzene ring substituents is 1. The fraction of sp³-hybridized carbons (Fsp3) is 0.357. The summed E-state index contributed by atoms with van der Waals surface area (Å²) in [6.45, 7) is 2.56. The zero-order valence-corrected chi connectivity index (χ0v) is 12.5. The molecule has 1 aromatic carbocycles. The van der Waals surface area contributed by atoms with Crippen molar-refractivity contribution in [2.45, 2.75) is 13.3 Å². The van der Waals surface area contributed by atoms with Crippen molar-refractivity contribution < 1.29 is 19.6 Å². The minimum Gasteiger partial charge on any atom is -0.493 e. The minimum atomic E-state index is -1.12. The first-order chi connectivity index (χ1) is 10.0. The molecule has 1 rings (SSSR count). The normalized spacial score (nSPS) is 10.7.